The molecule has 0 aliphatic carbocycles. The third-order valence-corrected chi connectivity index (χ3v) is 3.47. The van der Waals surface area contributed by atoms with Gasteiger partial charge in [-0.05, 0) is 49.4 Å². The molecule has 0 fully saturated rings. The van der Waals surface area contributed by atoms with Crippen LogP contribution in [0.3, 0.4) is 0 Å². The summed E-state index contributed by atoms with van der Waals surface area (Å²) in [5.41, 5.74) is 9.63. The summed E-state index contributed by atoms with van der Waals surface area (Å²) in [5.74, 6) is -0.462. The topological polar surface area (TPSA) is 50.9 Å². The summed E-state index contributed by atoms with van der Waals surface area (Å²) in [4.78, 5) is 4.46. The van der Waals surface area contributed by atoms with Crippen molar-refractivity contribution in [1.82, 2.24) is 4.98 Å². The molecule has 1 aromatic heterocycles. The quantitative estimate of drug-likeness (QED) is 0.677. The Morgan fingerprint density at radius 3 is 2.71 bits per heavy atom. The second-order valence-corrected chi connectivity index (χ2v) is 5.25. The molecular formula is C16H13ClFN3. The summed E-state index contributed by atoms with van der Waals surface area (Å²) in [6, 6.07) is 12.0. The van der Waals surface area contributed by atoms with Crippen molar-refractivity contribution >= 4 is 39.6 Å². The number of fused-ring (bicyclic) bond motifs is 1. The zero-order valence-electron chi connectivity index (χ0n) is 11.3. The molecule has 0 bridgehead atoms. The maximum absolute atomic E-state index is 13.5. The van der Waals surface area contributed by atoms with E-state index in [-0.39, 0.29) is 5.02 Å². The molecule has 0 unspecified atom stereocenters. The van der Waals surface area contributed by atoms with Gasteiger partial charge in [0.25, 0.3) is 0 Å². The fraction of sp³-hybridized carbons (Fsp3) is 0.0625. The summed E-state index contributed by atoms with van der Waals surface area (Å²) in [6.07, 6.45) is 0. The SMILES string of the molecule is Cc1cc(Nc2ccc(Cl)c(F)c2)c2cc(N)ccc2n1. The Balaban J connectivity index is 2.10. The van der Waals surface area contributed by atoms with E-state index in [4.69, 9.17) is 17.3 Å². The van der Waals surface area contributed by atoms with Crippen LogP contribution in [0.4, 0.5) is 21.5 Å². The van der Waals surface area contributed by atoms with E-state index in [1.54, 1.807) is 12.1 Å². The number of benzene rings is 2. The van der Waals surface area contributed by atoms with Crippen molar-refractivity contribution in [3.8, 4) is 0 Å². The van der Waals surface area contributed by atoms with E-state index in [1.807, 2.05) is 25.1 Å². The van der Waals surface area contributed by atoms with Crippen LogP contribution in [0.2, 0.25) is 5.02 Å². The maximum atomic E-state index is 13.5. The van der Waals surface area contributed by atoms with Gasteiger partial charge in [0.1, 0.15) is 5.82 Å². The molecule has 3 aromatic rings. The molecular weight excluding hydrogens is 289 g/mol. The number of rotatable bonds is 2. The summed E-state index contributed by atoms with van der Waals surface area (Å²) in [5, 5.41) is 4.17. The van der Waals surface area contributed by atoms with Gasteiger partial charge in [-0.25, -0.2) is 4.39 Å². The molecule has 3 nitrogen and oxygen atoms in total. The van der Waals surface area contributed by atoms with Gasteiger partial charge < -0.3 is 11.1 Å². The number of nitrogen functional groups attached to an aromatic ring is 1. The highest BCUT2D eigenvalue weighted by Gasteiger charge is 2.07. The Morgan fingerprint density at radius 2 is 1.95 bits per heavy atom. The smallest absolute Gasteiger partial charge is 0.143 e. The van der Waals surface area contributed by atoms with Crippen LogP contribution in [0.25, 0.3) is 10.9 Å². The first kappa shape index (κ1) is 13.6. The highest BCUT2D eigenvalue weighted by Crippen LogP contribution is 2.29. The van der Waals surface area contributed by atoms with E-state index in [0.717, 1.165) is 22.3 Å². The fourth-order valence-corrected chi connectivity index (χ4v) is 2.33. The van der Waals surface area contributed by atoms with Gasteiger partial charge in [-0.15, -0.1) is 0 Å². The summed E-state index contributed by atoms with van der Waals surface area (Å²) in [7, 11) is 0. The molecule has 0 saturated heterocycles. The predicted octanol–water partition coefficient (Wildman–Crippen LogP) is 4.66. The number of nitrogens with one attached hydrogen (secondary N) is 1. The first-order valence-electron chi connectivity index (χ1n) is 6.42. The Morgan fingerprint density at radius 1 is 1.14 bits per heavy atom. The van der Waals surface area contributed by atoms with Crippen LogP contribution in [-0.4, -0.2) is 4.98 Å². The minimum Gasteiger partial charge on any atom is -0.399 e. The molecule has 0 radical (unpaired) electrons. The molecule has 5 heteroatoms. The van der Waals surface area contributed by atoms with Crippen LogP contribution in [0, 0.1) is 12.7 Å². The van der Waals surface area contributed by atoms with Gasteiger partial charge in [-0.2, -0.15) is 0 Å². The third-order valence-electron chi connectivity index (χ3n) is 3.16. The number of nitrogens with zero attached hydrogens (tertiary/aromatic N) is 1. The molecule has 0 atom stereocenters. The van der Waals surface area contributed by atoms with E-state index >= 15 is 0 Å². The first-order valence-corrected chi connectivity index (χ1v) is 6.80. The van der Waals surface area contributed by atoms with Crippen molar-refractivity contribution in [1.29, 1.82) is 0 Å². The standard InChI is InChI=1S/C16H13ClFN3/c1-9-6-16(12-7-10(19)2-5-15(12)20-9)21-11-3-4-13(17)14(18)8-11/h2-8H,19H2,1H3,(H,20,21). The number of hydrogen-bond donors (Lipinski definition) is 2. The van der Waals surface area contributed by atoms with E-state index in [2.05, 4.69) is 10.3 Å². The van der Waals surface area contributed by atoms with Gasteiger partial charge in [-0.1, -0.05) is 11.6 Å². The molecule has 2 aromatic carbocycles. The molecule has 106 valence electrons. The number of anilines is 3. The summed E-state index contributed by atoms with van der Waals surface area (Å²) in [6.45, 7) is 1.91. The summed E-state index contributed by atoms with van der Waals surface area (Å²) < 4.78 is 13.5. The van der Waals surface area contributed by atoms with Gasteiger partial charge in [0, 0.05) is 28.1 Å². The summed E-state index contributed by atoms with van der Waals surface area (Å²) >= 11 is 5.70. The zero-order chi connectivity index (χ0) is 15.0. The average Bonchev–Trinajstić information content (AvgIpc) is 2.43. The lowest BCUT2D eigenvalue weighted by Gasteiger charge is -2.12. The van der Waals surface area contributed by atoms with Crippen LogP contribution in [0.15, 0.2) is 42.5 Å². The highest BCUT2D eigenvalue weighted by molar-refractivity contribution is 6.30. The van der Waals surface area contributed by atoms with Crippen molar-refractivity contribution in [3.63, 3.8) is 0 Å². The Kier molecular flexibility index (Phi) is 3.39. The van der Waals surface area contributed by atoms with Gasteiger partial charge >= 0.3 is 0 Å². The first-order chi connectivity index (χ1) is 10.0. The molecule has 0 spiro atoms. The van der Waals surface area contributed by atoms with E-state index in [9.17, 15) is 4.39 Å². The van der Waals surface area contributed by atoms with Crippen LogP contribution < -0.4 is 11.1 Å². The number of aromatic nitrogens is 1. The number of pyridine rings is 1. The minimum atomic E-state index is -0.462. The van der Waals surface area contributed by atoms with Crippen LogP contribution in [0.5, 0.6) is 0 Å². The van der Waals surface area contributed by atoms with Crippen molar-refractivity contribution < 1.29 is 4.39 Å². The lowest BCUT2D eigenvalue weighted by molar-refractivity contribution is 0.629. The van der Waals surface area contributed by atoms with Crippen molar-refractivity contribution in [2.45, 2.75) is 6.92 Å². The molecule has 0 amide bonds. The van der Waals surface area contributed by atoms with Gasteiger partial charge in [0.2, 0.25) is 0 Å². The van der Waals surface area contributed by atoms with Gasteiger partial charge in [0.05, 0.1) is 10.5 Å². The Hall–Kier alpha value is -2.33. The minimum absolute atomic E-state index is 0.0977. The monoisotopic (exact) mass is 301 g/mol. The van der Waals surface area contributed by atoms with Crippen LogP contribution in [0.1, 0.15) is 5.69 Å². The van der Waals surface area contributed by atoms with Gasteiger partial charge in [-0.3, -0.25) is 4.98 Å². The fourth-order valence-electron chi connectivity index (χ4n) is 2.21. The predicted molar refractivity (Wildman–Crippen MR) is 85.6 cm³/mol. The molecule has 21 heavy (non-hydrogen) atoms. The van der Waals surface area contributed by atoms with E-state index in [0.29, 0.717) is 11.4 Å². The highest BCUT2D eigenvalue weighted by atomic mass is 35.5. The molecule has 0 saturated carbocycles. The number of nitrogens with two attached hydrogens (primary N) is 1. The molecule has 0 aliphatic rings. The second-order valence-electron chi connectivity index (χ2n) is 4.84. The molecule has 1 heterocycles. The second kappa shape index (κ2) is 5.22. The largest absolute Gasteiger partial charge is 0.399 e. The Bertz CT molecular complexity index is 833. The van der Waals surface area contributed by atoms with Crippen molar-refractivity contribution in [2.75, 3.05) is 11.1 Å². The van der Waals surface area contributed by atoms with Gasteiger partial charge in [0.15, 0.2) is 0 Å². The molecule has 3 rings (SSSR count). The van der Waals surface area contributed by atoms with E-state index < -0.39 is 5.82 Å². The lowest BCUT2D eigenvalue weighted by atomic mass is 10.1. The van der Waals surface area contributed by atoms with E-state index in [1.165, 1.54) is 12.1 Å². The molecule has 3 N–H and O–H groups in total. The third kappa shape index (κ3) is 2.76. The van der Waals surface area contributed by atoms with Crippen LogP contribution in [-0.2, 0) is 0 Å². The lowest BCUT2D eigenvalue weighted by Crippen LogP contribution is -1.96. The molecule has 0 aliphatic heterocycles. The number of halogens is 2. The Labute approximate surface area is 126 Å². The van der Waals surface area contributed by atoms with Crippen molar-refractivity contribution in [2.24, 2.45) is 0 Å². The van der Waals surface area contributed by atoms with Crippen LogP contribution >= 0.6 is 11.6 Å². The number of hydrogen-bond acceptors (Lipinski definition) is 3. The normalized spacial score (nSPS) is 10.8. The maximum Gasteiger partial charge on any atom is 0.143 e. The number of aryl methyl sites for hydroxylation is 1. The van der Waals surface area contributed by atoms with Crippen molar-refractivity contribution in [3.05, 3.63) is 59.0 Å². The average molecular weight is 302 g/mol. The zero-order valence-corrected chi connectivity index (χ0v) is 12.1.